The van der Waals surface area contributed by atoms with Gasteiger partial charge in [-0.3, -0.25) is 5.10 Å². The van der Waals surface area contributed by atoms with Gasteiger partial charge in [0.15, 0.2) is 5.69 Å². The first kappa shape index (κ1) is 9.21. The fraction of sp³-hybridized carbons (Fsp3) is 0.667. The molecule has 2 N–H and O–H groups in total. The Morgan fingerprint density at radius 2 is 2.07 bits per heavy atom. The van der Waals surface area contributed by atoms with E-state index < -0.39 is 11.9 Å². The van der Waals surface area contributed by atoms with Crippen LogP contribution in [0.3, 0.4) is 0 Å². The molecule has 15 heavy (non-hydrogen) atoms. The smallest absolute Gasteiger partial charge is 0.307 e. The highest BCUT2D eigenvalue weighted by Gasteiger charge is 2.44. The molecule has 2 atom stereocenters. The lowest BCUT2D eigenvalue weighted by atomic mass is 10.00. The van der Waals surface area contributed by atoms with Gasteiger partial charge >= 0.3 is 6.18 Å². The number of hydrogen-bond acceptors (Lipinski definition) is 2. The van der Waals surface area contributed by atoms with Crippen LogP contribution in [0, 0.1) is 0 Å². The van der Waals surface area contributed by atoms with E-state index in [1.165, 1.54) is 0 Å². The molecule has 82 valence electrons. The number of nitrogens with one attached hydrogen (secondary N) is 2. The first-order valence-corrected chi connectivity index (χ1v) is 4.96. The van der Waals surface area contributed by atoms with Crippen LogP contribution in [0.1, 0.15) is 35.8 Å². The first-order valence-electron chi connectivity index (χ1n) is 4.96. The van der Waals surface area contributed by atoms with Crippen molar-refractivity contribution in [3.05, 3.63) is 17.0 Å². The van der Waals surface area contributed by atoms with Crippen molar-refractivity contribution in [1.29, 1.82) is 0 Å². The maximum absolute atomic E-state index is 12.6. The third-order valence-corrected chi connectivity index (χ3v) is 3.19. The average molecular weight is 217 g/mol. The van der Waals surface area contributed by atoms with E-state index in [9.17, 15) is 13.2 Å². The van der Waals surface area contributed by atoms with E-state index in [4.69, 9.17) is 0 Å². The van der Waals surface area contributed by atoms with Crippen molar-refractivity contribution in [1.82, 2.24) is 15.5 Å². The largest absolute Gasteiger partial charge is 0.435 e. The summed E-state index contributed by atoms with van der Waals surface area (Å²) in [6.45, 7) is 0. The van der Waals surface area contributed by atoms with E-state index in [-0.39, 0.29) is 6.04 Å². The summed E-state index contributed by atoms with van der Waals surface area (Å²) < 4.78 is 37.9. The van der Waals surface area contributed by atoms with Crippen molar-refractivity contribution >= 4 is 0 Å². The summed E-state index contributed by atoms with van der Waals surface area (Å²) in [6.07, 6.45) is -1.99. The van der Waals surface area contributed by atoms with E-state index in [1.807, 2.05) is 0 Å². The molecule has 0 radical (unpaired) electrons. The van der Waals surface area contributed by atoms with Gasteiger partial charge in [-0.1, -0.05) is 0 Å². The van der Waals surface area contributed by atoms with Crippen LogP contribution in [-0.4, -0.2) is 16.2 Å². The summed E-state index contributed by atoms with van der Waals surface area (Å²) >= 11 is 0. The Kier molecular flexibility index (Phi) is 1.69. The maximum atomic E-state index is 12.6. The van der Waals surface area contributed by atoms with Crippen LogP contribution in [0.2, 0.25) is 0 Å². The summed E-state index contributed by atoms with van der Waals surface area (Å²) in [7, 11) is 0. The van der Waals surface area contributed by atoms with Crippen molar-refractivity contribution in [2.45, 2.75) is 37.5 Å². The monoisotopic (exact) mass is 217 g/mol. The molecule has 0 aliphatic carbocycles. The second kappa shape index (κ2) is 2.75. The van der Waals surface area contributed by atoms with E-state index in [1.54, 1.807) is 0 Å². The maximum Gasteiger partial charge on any atom is 0.435 e. The fourth-order valence-corrected chi connectivity index (χ4v) is 2.59. The molecule has 0 spiro atoms. The van der Waals surface area contributed by atoms with Crippen molar-refractivity contribution in [2.75, 3.05) is 0 Å². The van der Waals surface area contributed by atoms with Crippen LogP contribution >= 0.6 is 0 Å². The van der Waals surface area contributed by atoms with E-state index >= 15 is 0 Å². The highest BCUT2D eigenvalue weighted by molar-refractivity contribution is 5.35. The minimum atomic E-state index is -4.35. The molecule has 1 aromatic heterocycles. The van der Waals surface area contributed by atoms with Gasteiger partial charge in [-0.15, -0.1) is 0 Å². The highest BCUT2D eigenvalue weighted by Crippen LogP contribution is 2.41. The van der Waals surface area contributed by atoms with Crippen LogP contribution in [0.4, 0.5) is 13.2 Å². The number of alkyl halides is 3. The second-order valence-electron chi connectivity index (χ2n) is 4.16. The van der Waals surface area contributed by atoms with Gasteiger partial charge in [0, 0.05) is 29.8 Å². The molecule has 2 aliphatic heterocycles. The lowest BCUT2D eigenvalue weighted by molar-refractivity contribution is -0.142. The van der Waals surface area contributed by atoms with Crippen LogP contribution in [0.25, 0.3) is 0 Å². The Hall–Kier alpha value is -1.04. The molecule has 0 aromatic carbocycles. The second-order valence-corrected chi connectivity index (χ2v) is 4.16. The zero-order chi connectivity index (χ0) is 10.6. The number of hydrogen-bond donors (Lipinski definition) is 2. The molecule has 3 nitrogen and oxygen atoms in total. The number of aromatic amines is 1. The Morgan fingerprint density at radius 3 is 2.80 bits per heavy atom. The topological polar surface area (TPSA) is 40.7 Å². The summed E-state index contributed by atoms with van der Waals surface area (Å²) in [5, 5.41) is 9.11. The van der Waals surface area contributed by atoms with Crippen LogP contribution < -0.4 is 5.32 Å². The highest BCUT2D eigenvalue weighted by atomic mass is 19.4. The van der Waals surface area contributed by atoms with Crippen molar-refractivity contribution in [3.63, 3.8) is 0 Å². The quantitative estimate of drug-likeness (QED) is 0.695. The number of halogens is 3. The van der Waals surface area contributed by atoms with Gasteiger partial charge in [0.1, 0.15) is 0 Å². The Bertz CT molecular complexity index is 396. The van der Waals surface area contributed by atoms with E-state index in [2.05, 4.69) is 15.5 Å². The number of fused-ring (bicyclic) bond motifs is 4. The Balaban J connectivity index is 2.10. The average Bonchev–Trinajstić information content (AvgIpc) is 2.70. The summed E-state index contributed by atoms with van der Waals surface area (Å²) in [4.78, 5) is 0. The molecule has 3 rings (SSSR count). The molecule has 1 saturated heterocycles. The Labute approximate surface area is 84.1 Å². The van der Waals surface area contributed by atoms with Gasteiger partial charge in [0.05, 0.1) is 0 Å². The third kappa shape index (κ3) is 1.27. The molecule has 6 heteroatoms. The number of H-pyrrole nitrogens is 1. The molecule has 2 bridgehead atoms. The van der Waals surface area contributed by atoms with Crippen LogP contribution in [0.15, 0.2) is 0 Å². The standard InChI is InChI=1S/C9H10F3N3/c10-9(11,12)8-7-5-2-1-4(13-5)3-6(7)14-15-8/h4-5,13H,1-3H2,(H,14,15)/t4-,5+/m1/s1. The molecule has 1 aromatic rings. The van der Waals surface area contributed by atoms with Gasteiger partial charge in [-0.25, -0.2) is 0 Å². The zero-order valence-electron chi connectivity index (χ0n) is 7.86. The first-order chi connectivity index (χ1) is 7.05. The summed E-state index contributed by atoms with van der Waals surface area (Å²) in [6, 6.07) is 0.165. The van der Waals surface area contributed by atoms with Crippen LogP contribution in [0.5, 0.6) is 0 Å². The number of aromatic nitrogens is 2. The molecule has 2 aliphatic rings. The summed E-state index contributed by atoms with van der Waals surface area (Å²) in [5.41, 5.74) is 0.264. The van der Waals surface area contributed by atoms with Gasteiger partial charge in [0.2, 0.25) is 0 Å². The van der Waals surface area contributed by atoms with Crippen molar-refractivity contribution < 1.29 is 13.2 Å². The molecular formula is C9H10F3N3. The minimum Gasteiger partial charge on any atom is -0.307 e. The van der Waals surface area contributed by atoms with E-state index in [0.717, 1.165) is 12.8 Å². The van der Waals surface area contributed by atoms with Crippen LogP contribution in [-0.2, 0) is 12.6 Å². The van der Waals surface area contributed by atoms with Gasteiger partial charge in [0.25, 0.3) is 0 Å². The molecule has 0 saturated carbocycles. The molecule has 1 fully saturated rings. The van der Waals surface area contributed by atoms with Gasteiger partial charge in [-0.2, -0.15) is 18.3 Å². The Morgan fingerprint density at radius 1 is 1.27 bits per heavy atom. The lowest BCUT2D eigenvalue weighted by Gasteiger charge is -2.22. The molecule has 0 amide bonds. The van der Waals surface area contributed by atoms with Crippen molar-refractivity contribution in [2.24, 2.45) is 0 Å². The number of nitrogens with zero attached hydrogens (tertiary/aromatic N) is 1. The third-order valence-electron chi connectivity index (χ3n) is 3.19. The van der Waals surface area contributed by atoms with Gasteiger partial charge in [-0.05, 0) is 12.8 Å². The zero-order valence-corrected chi connectivity index (χ0v) is 7.86. The predicted octanol–water partition coefficient (Wildman–Crippen LogP) is 1.78. The SMILES string of the molecule is FC(F)(F)c1n[nH]c2c1[C@@H]1CC[C@H](C2)N1. The fourth-order valence-electron chi connectivity index (χ4n) is 2.59. The molecule has 3 heterocycles. The number of rotatable bonds is 0. The normalized spacial score (nSPS) is 29.3. The molecular weight excluding hydrogens is 207 g/mol. The lowest BCUT2D eigenvalue weighted by Crippen LogP contribution is -2.32. The minimum absolute atomic E-state index is 0.158. The summed E-state index contributed by atoms with van der Waals surface area (Å²) in [5.74, 6) is 0. The predicted molar refractivity (Wildman–Crippen MR) is 46.2 cm³/mol. The van der Waals surface area contributed by atoms with Crippen molar-refractivity contribution in [3.8, 4) is 0 Å². The molecule has 0 unspecified atom stereocenters. The van der Waals surface area contributed by atoms with Gasteiger partial charge < -0.3 is 5.32 Å². The van der Waals surface area contributed by atoms with E-state index in [0.29, 0.717) is 23.7 Å².